The van der Waals surface area contributed by atoms with E-state index in [4.69, 9.17) is 0 Å². The van der Waals surface area contributed by atoms with Gasteiger partial charge >= 0.3 is 0 Å². The molecule has 0 saturated heterocycles. The van der Waals surface area contributed by atoms with Crippen molar-refractivity contribution in [2.45, 2.75) is 250 Å². The van der Waals surface area contributed by atoms with Crippen molar-refractivity contribution in [2.75, 3.05) is 74.0 Å². The molecule has 20 nitrogen and oxygen atoms in total. The van der Waals surface area contributed by atoms with Gasteiger partial charge in [-0.25, -0.2) is 0 Å². The molecule has 0 aromatic carbocycles. The van der Waals surface area contributed by atoms with Crippen LogP contribution in [0.25, 0.3) is 0 Å². The van der Waals surface area contributed by atoms with Gasteiger partial charge in [0.2, 0.25) is 29.5 Å². The topological polar surface area (TPSA) is 279 Å². The predicted molar refractivity (Wildman–Crippen MR) is 310 cm³/mol. The molecular weight excluding hydrogens is 967 g/mol. The molecule has 0 bridgehead atoms. The molecule has 76 heavy (non-hydrogen) atoms. The smallest absolute Gasteiger partial charge is 0.243 e. The Bertz CT molecular complexity index is 1510. The monoisotopic (exact) mass is 1080 g/mol. The summed E-state index contributed by atoms with van der Waals surface area (Å²) in [7, 11) is 7.39. The van der Waals surface area contributed by atoms with E-state index >= 15 is 0 Å². The molecule has 0 aromatic rings. The molecule has 0 heterocycles. The first-order chi connectivity index (χ1) is 36.4. The molecule has 0 aliphatic carbocycles. The molecule has 14 N–H and O–H groups in total. The summed E-state index contributed by atoms with van der Waals surface area (Å²) >= 11 is 0. The summed E-state index contributed by atoms with van der Waals surface area (Å²) in [4.78, 5) is 79.7. The Morgan fingerprint density at radius 3 is 1.24 bits per heavy atom. The van der Waals surface area contributed by atoms with Crippen molar-refractivity contribution >= 4 is 35.3 Å². The lowest BCUT2D eigenvalue weighted by Gasteiger charge is -2.28. The maximum atomic E-state index is 13.8. The van der Waals surface area contributed by atoms with Gasteiger partial charge in [-0.3, -0.25) is 34.1 Å². The lowest BCUT2D eigenvalue weighted by Crippen LogP contribution is -2.55. The van der Waals surface area contributed by atoms with Crippen LogP contribution in [-0.4, -0.2) is 175 Å². The van der Waals surface area contributed by atoms with Gasteiger partial charge in [-0.2, -0.15) is 0 Å². The quantitative estimate of drug-likeness (QED) is 0.0308. The lowest BCUT2D eigenvalue weighted by molar-refractivity contribution is -0.131. The number of aliphatic hydroxyl groups excluding tert-OH is 1. The Labute approximate surface area is 461 Å². The zero-order valence-corrected chi connectivity index (χ0v) is 49.7. The van der Waals surface area contributed by atoms with Crippen LogP contribution < -0.4 is 69.1 Å². The zero-order chi connectivity index (χ0) is 56.9. The molecule has 0 aliphatic heterocycles. The summed E-state index contributed by atoms with van der Waals surface area (Å²) in [5, 5.41) is 52.4. The number of amides is 5. The average Bonchev–Trinajstić information content (AvgIpc) is 3.37. The number of ketones is 1. The second kappa shape index (κ2) is 47.6. The van der Waals surface area contributed by atoms with Gasteiger partial charge in [-0.1, -0.05) is 67.2 Å². The van der Waals surface area contributed by atoms with Crippen molar-refractivity contribution in [1.29, 1.82) is 0 Å². The Kier molecular flexibility index (Phi) is 45.5. The van der Waals surface area contributed by atoms with Gasteiger partial charge in [-0.15, -0.1) is 0 Å². The van der Waals surface area contributed by atoms with Crippen molar-refractivity contribution in [3.8, 4) is 0 Å². The van der Waals surface area contributed by atoms with Crippen LogP contribution in [0.3, 0.4) is 0 Å². The number of hydrogen-bond donors (Lipinski definition) is 14. The number of Topliss-reactive ketones (excluding diaryl/α,β-unsaturated/α-hetero) is 1. The van der Waals surface area contributed by atoms with E-state index in [9.17, 15) is 33.9 Å². The van der Waals surface area contributed by atoms with E-state index in [0.29, 0.717) is 102 Å². The van der Waals surface area contributed by atoms with Crippen LogP contribution in [-0.2, 0) is 28.8 Å². The summed E-state index contributed by atoms with van der Waals surface area (Å²) in [6.45, 7) is 18.8. The first-order valence-corrected chi connectivity index (χ1v) is 29.6. The molecule has 0 radical (unpaired) electrons. The minimum absolute atomic E-state index is 0.0205. The minimum Gasteiger partial charge on any atom is -0.377 e. The van der Waals surface area contributed by atoms with Crippen LogP contribution in [0.4, 0.5) is 0 Å². The van der Waals surface area contributed by atoms with Gasteiger partial charge in [0.15, 0.2) is 5.78 Å². The second-order valence-electron chi connectivity index (χ2n) is 21.6. The highest BCUT2D eigenvalue weighted by molar-refractivity contribution is 5.92. The number of carbonyl (C=O) groups is 6. The van der Waals surface area contributed by atoms with Crippen molar-refractivity contribution in [3.05, 3.63) is 0 Å². The van der Waals surface area contributed by atoms with Crippen LogP contribution in [0.1, 0.15) is 190 Å². The van der Waals surface area contributed by atoms with Crippen LogP contribution in [0, 0.1) is 0 Å². The van der Waals surface area contributed by atoms with Crippen molar-refractivity contribution < 1.29 is 33.9 Å². The van der Waals surface area contributed by atoms with E-state index in [2.05, 4.69) is 96.8 Å². The Morgan fingerprint density at radius 1 is 0.382 bits per heavy atom. The third-order valence-electron chi connectivity index (χ3n) is 13.5. The largest absolute Gasteiger partial charge is 0.377 e. The number of nitrogens with one attached hydrogen (secondary N) is 13. The Hall–Kier alpha value is -3.34. The van der Waals surface area contributed by atoms with Crippen LogP contribution >= 0.6 is 0 Å². The molecule has 0 saturated carbocycles. The molecule has 0 aliphatic rings. The number of likely N-dealkylation sites (N-methyl/N-ethyl adjacent to an activating group) is 2. The van der Waals surface area contributed by atoms with Gasteiger partial charge in [0.25, 0.3) is 0 Å². The van der Waals surface area contributed by atoms with Crippen LogP contribution in [0.15, 0.2) is 0 Å². The van der Waals surface area contributed by atoms with E-state index in [1.54, 1.807) is 7.05 Å². The van der Waals surface area contributed by atoms with Crippen LogP contribution in [0.5, 0.6) is 0 Å². The Morgan fingerprint density at radius 2 is 0.789 bits per heavy atom. The predicted octanol–water partition coefficient (Wildman–Crippen LogP) is 2.73. The maximum absolute atomic E-state index is 13.8. The standard InChI is InChI=1S/C56H115N13O7/c1-41(2)61-36-22-16-29-47(60-11)55(75)69-49(31-18-25-40-64-53(73)48(66-43(5)6)30-17-23-37-62-42(3)4)54(74)65-39-24-15-27-45(44(7)70)68-56(76)50(67-51(71)33-13-12-20-34-57-8)32-19-26-38-63-52(72)46(59-10)28-14-21-35-58-9/h41-43,45-50,55,57-62,66,69,75H,12-40H2,1-11H3,(H,63,72)(H,64,73)(H,65,74)(H,67,71)(H,68,76). The third-order valence-corrected chi connectivity index (χ3v) is 13.5. The molecule has 5 amide bonds. The first kappa shape index (κ1) is 72.7. The number of carbonyl (C=O) groups excluding carboxylic acids is 6. The highest BCUT2D eigenvalue weighted by Gasteiger charge is 2.27. The molecule has 0 aromatic heterocycles. The summed E-state index contributed by atoms with van der Waals surface area (Å²) in [6.07, 6.45) is 14.4. The molecule has 7 unspecified atom stereocenters. The molecule has 0 spiro atoms. The van der Waals surface area contributed by atoms with E-state index in [1.165, 1.54) is 6.92 Å². The normalized spacial score (nSPS) is 14.5. The third kappa shape index (κ3) is 39.1. The van der Waals surface area contributed by atoms with Gasteiger partial charge in [0.05, 0.1) is 24.2 Å². The lowest BCUT2D eigenvalue weighted by atomic mass is 10.0. The summed E-state index contributed by atoms with van der Waals surface area (Å²) < 4.78 is 0. The summed E-state index contributed by atoms with van der Waals surface area (Å²) in [5.41, 5.74) is 0. The molecule has 20 heteroatoms. The Balaban J connectivity index is 5.64. The fraction of sp³-hybridized carbons (Fsp3) is 0.893. The fourth-order valence-corrected chi connectivity index (χ4v) is 8.94. The first-order valence-electron chi connectivity index (χ1n) is 29.6. The van der Waals surface area contributed by atoms with Crippen LogP contribution in [0.2, 0.25) is 0 Å². The number of aliphatic hydroxyl groups is 1. The molecule has 446 valence electrons. The fourth-order valence-electron chi connectivity index (χ4n) is 8.94. The number of unbranched alkanes of at least 4 members (excludes halogenated alkanes) is 8. The molecular formula is C56H115N13O7. The van der Waals surface area contributed by atoms with Gasteiger partial charge in [0.1, 0.15) is 12.3 Å². The van der Waals surface area contributed by atoms with Crippen molar-refractivity contribution in [3.63, 3.8) is 0 Å². The molecule has 7 atom stereocenters. The van der Waals surface area contributed by atoms with E-state index in [0.717, 1.165) is 96.8 Å². The summed E-state index contributed by atoms with van der Waals surface area (Å²) in [5.74, 6) is -1.17. The second-order valence-corrected chi connectivity index (χ2v) is 21.6. The average molecular weight is 1080 g/mol. The number of hydrogen-bond acceptors (Lipinski definition) is 15. The summed E-state index contributed by atoms with van der Waals surface area (Å²) in [6, 6.07) is -2.15. The van der Waals surface area contributed by atoms with Gasteiger partial charge in [-0.05, 0) is 170 Å². The SMILES string of the molecule is CNCCCCCC(=O)NC(CCCCNC(=O)C(CCCCNC)NC)C(=O)NC(CCCCNC(=O)C(CCCCNC(=O)C(CCCCNC(C)C)NC(C)C)NC(O)C(CCCCNC(C)C)NC)C(C)=O. The van der Waals surface area contributed by atoms with E-state index in [-0.39, 0.29) is 53.6 Å². The van der Waals surface area contributed by atoms with Gasteiger partial charge < -0.3 is 68.9 Å². The van der Waals surface area contributed by atoms with E-state index < -0.39 is 30.3 Å². The maximum Gasteiger partial charge on any atom is 0.243 e. The van der Waals surface area contributed by atoms with Crippen molar-refractivity contribution in [2.24, 2.45) is 0 Å². The highest BCUT2D eigenvalue weighted by atomic mass is 16.3. The highest BCUT2D eigenvalue weighted by Crippen LogP contribution is 2.11. The minimum atomic E-state index is -0.978. The molecule has 0 rings (SSSR count). The molecule has 0 fully saturated rings. The zero-order valence-electron chi connectivity index (χ0n) is 49.7. The number of rotatable bonds is 52. The van der Waals surface area contributed by atoms with E-state index in [1.807, 2.05) is 35.0 Å². The van der Waals surface area contributed by atoms with Gasteiger partial charge in [0, 0.05) is 50.2 Å². The van der Waals surface area contributed by atoms with Crippen molar-refractivity contribution in [1.82, 2.24) is 69.1 Å².